The van der Waals surface area contributed by atoms with E-state index in [-0.39, 0.29) is 0 Å². The zero-order chi connectivity index (χ0) is 13.1. The van der Waals surface area contributed by atoms with Gasteiger partial charge in [0.05, 0.1) is 0 Å². The molecule has 18 heavy (non-hydrogen) atoms. The normalized spacial score (nSPS) is 10.4. The quantitative estimate of drug-likeness (QED) is 0.843. The van der Waals surface area contributed by atoms with Crippen molar-refractivity contribution in [2.45, 2.75) is 20.3 Å². The first-order chi connectivity index (χ1) is 8.61. The van der Waals surface area contributed by atoms with Gasteiger partial charge in [0.2, 0.25) is 0 Å². The van der Waals surface area contributed by atoms with Gasteiger partial charge < -0.3 is 5.32 Å². The van der Waals surface area contributed by atoms with E-state index in [1.165, 1.54) is 11.9 Å². The van der Waals surface area contributed by atoms with E-state index in [4.69, 9.17) is 11.6 Å². The second-order valence-corrected chi connectivity index (χ2v) is 5.19. The van der Waals surface area contributed by atoms with Gasteiger partial charge in [-0.1, -0.05) is 34.5 Å². The molecule has 0 atom stereocenters. The first-order valence-corrected chi connectivity index (χ1v) is 6.81. The lowest BCUT2D eigenvalue weighted by Gasteiger charge is -2.12. The second kappa shape index (κ2) is 5.67. The van der Waals surface area contributed by atoms with Crippen LogP contribution in [0.5, 0.6) is 0 Å². The number of nitrogens with zero attached hydrogens (tertiary/aromatic N) is 2. The zero-order valence-corrected chi connectivity index (χ0v) is 12.5. The minimum Gasteiger partial charge on any atom is -0.340 e. The Hall–Kier alpha value is -1.13. The maximum atomic E-state index is 5.98. The number of halogens is 2. The summed E-state index contributed by atoms with van der Waals surface area (Å²) in [5.74, 6) is 0.743. The molecule has 0 aliphatic heterocycles. The van der Waals surface area contributed by atoms with Crippen molar-refractivity contribution in [2.75, 3.05) is 5.32 Å². The molecule has 0 radical (unpaired) electrons. The monoisotopic (exact) mass is 325 g/mol. The summed E-state index contributed by atoms with van der Waals surface area (Å²) >= 11 is 9.45. The lowest BCUT2D eigenvalue weighted by Crippen LogP contribution is -2.00. The van der Waals surface area contributed by atoms with E-state index < -0.39 is 0 Å². The van der Waals surface area contributed by atoms with Gasteiger partial charge in [-0.15, -0.1) is 0 Å². The van der Waals surface area contributed by atoms with E-state index in [0.717, 1.165) is 28.0 Å². The number of anilines is 2. The predicted octanol–water partition coefficient (Wildman–Crippen LogP) is 4.51. The number of benzene rings is 1. The van der Waals surface area contributed by atoms with Gasteiger partial charge in [-0.05, 0) is 37.1 Å². The summed E-state index contributed by atoms with van der Waals surface area (Å²) in [6, 6.07) is 6.12. The molecule has 0 amide bonds. The number of rotatable bonds is 3. The molecule has 5 heteroatoms. The van der Waals surface area contributed by atoms with E-state index in [2.05, 4.69) is 44.2 Å². The van der Waals surface area contributed by atoms with Crippen LogP contribution < -0.4 is 5.32 Å². The van der Waals surface area contributed by atoms with E-state index in [1.807, 2.05) is 19.1 Å². The van der Waals surface area contributed by atoms with Crippen LogP contribution in [0.1, 0.15) is 18.1 Å². The summed E-state index contributed by atoms with van der Waals surface area (Å²) in [5, 5.41) is 3.78. The lowest BCUT2D eigenvalue weighted by molar-refractivity contribution is 1.11. The summed E-state index contributed by atoms with van der Waals surface area (Å²) in [6.07, 6.45) is 2.40. The summed E-state index contributed by atoms with van der Waals surface area (Å²) < 4.78 is 1.07. The van der Waals surface area contributed by atoms with Crippen molar-refractivity contribution >= 4 is 39.0 Å². The Balaban J connectivity index is 2.37. The third-order valence-electron chi connectivity index (χ3n) is 2.72. The highest BCUT2D eigenvalue weighted by atomic mass is 79.9. The Bertz CT molecular complexity index is 572. The van der Waals surface area contributed by atoms with Crippen LogP contribution in [0.3, 0.4) is 0 Å². The fourth-order valence-electron chi connectivity index (χ4n) is 1.66. The van der Waals surface area contributed by atoms with E-state index in [9.17, 15) is 0 Å². The van der Waals surface area contributed by atoms with Gasteiger partial charge in [0.1, 0.15) is 17.3 Å². The Morgan fingerprint density at radius 3 is 2.83 bits per heavy atom. The summed E-state index contributed by atoms with van der Waals surface area (Å²) in [7, 11) is 0. The number of nitrogens with one attached hydrogen (secondary N) is 1. The molecule has 0 spiro atoms. The van der Waals surface area contributed by atoms with Gasteiger partial charge in [0.25, 0.3) is 0 Å². The van der Waals surface area contributed by atoms with Crippen molar-refractivity contribution in [1.29, 1.82) is 0 Å². The van der Waals surface area contributed by atoms with Crippen molar-refractivity contribution in [3.05, 3.63) is 45.3 Å². The Labute approximate surface area is 120 Å². The van der Waals surface area contributed by atoms with Crippen LogP contribution in [-0.2, 0) is 6.42 Å². The number of aromatic nitrogens is 2. The molecule has 0 unspecified atom stereocenters. The number of hydrogen-bond donors (Lipinski definition) is 1. The molecule has 0 aliphatic rings. The summed E-state index contributed by atoms with van der Waals surface area (Å²) in [4.78, 5) is 8.16. The maximum absolute atomic E-state index is 5.98. The van der Waals surface area contributed by atoms with E-state index >= 15 is 0 Å². The average Bonchev–Trinajstić information content (AvgIpc) is 2.37. The maximum Gasteiger partial charge on any atom is 0.138 e. The van der Waals surface area contributed by atoms with Gasteiger partial charge in [-0.25, -0.2) is 9.97 Å². The fraction of sp³-hybridized carbons (Fsp3) is 0.231. The smallest absolute Gasteiger partial charge is 0.138 e. The Kier molecular flexibility index (Phi) is 4.19. The third-order valence-corrected chi connectivity index (χ3v) is 3.60. The minimum absolute atomic E-state index is 0.475. The molecule has 0 bridgehead atoms. The van der Waals surface area contributed by atoms with Gasteiger partial charge in [0, 0.05) is 15.7 Å². The topological polar surface area (TPSA) is 37.8 Å². The van der Waals surface area contributed by atoms with Gasteiger partial charge >= 0.3 is 0 Å². The fourth-order valence-corrected chi connectivity index (χ4v) is 2.20. The predicted molar refractivity (Wildman–Crippen MR) is 78.6 cm³/mol. The molecule has 1 aromatic carbocycles. The van der Waals surface area contributed by atoms with Crippen molar-refractivity contribution in [1.82, 2.24) is 9.97 Å². The van der Waals surface area contributed by atoms with E-state index in [1.54, 1.807) is 0 Å². The van der Waals surface area contributed by atoms with Crippen LogP contribution in [-0.4, -0.2) is 9.97 Å². The lowest BCUT2D eigenvalue weighted by atomic mass is 10.1. The number of hydrogen-bond acceptors (Lipinski definition) is 3. The van der Waals surface area contributed by atoms with Crippen LogP contribution in [0.15, 0.2) is 29.0 Å². The molecule has 1 N–H and O–H groups in total. The van der Waals surface area contributed by atoms with Gasteiger partial charge in [-0.2, -0.15) is 0 Å². The van der Waals surface area contributed by atoms with Crippen molar-refractivity contribution < 1.29 is 0 Å². The molecular weight excluding hydrogens is 314 g/mol. The summed E-state index contributed by atoms with van der Waals surface area (Å²) in [5.41, 5.74) is 3.11. The van der Waals surface area contributed by atoms with Gasteiger partial charge in [-0.3, -0.25) is 0 Å². The van der Waals surface area contributed by atoms with Crippen LogP contribution >= 0.6 is 27.5 Å². The first-order valence-electron chi connectivity index (χ1n) is 5.64. The Morgan fingerprint density at radius 2 is 2.11 bits per heavy atom. The molecule has 2 rings (SSSR count). The molecule has 0 fully saturated rings. The number of aryl methyl sites for hydroxylation is 1. The first kappa shape index (κ1) is 13.3. The SMILES string of the molecule is CCc1cc(Br)ccc1Nc1ncnc(Cl)c1C. The molecule has 0 aliphatic carbocycles. The average molecular weight is 327 g/mol. The minimum atomic E-state index is 0.475. The Morgan fingerprint density at radius 1 is 1.33 bits per heavy atom. The second-order valence-electron chi connectivity index (χ2n) is 3.92. The van der Waals surface area contributed by atoms with Crippen LogP contribution in [0.4, 0.5) is 11.5 Å². The highest BCUT2D eigenvalue weighted by molar-refractivity contribution is 9.10. The standard InChI is InChI=1S/C13H13BrClN3/c1-3-9-6-10(14)4-5-11(9)18-13-8(2)12(15)16-7-17-13/h4-7H,3H2,1-2H3,(H,16,17,18). The van der Waals surface area contributed by atoms with Crippen molar-refractivity contribution in [2.24, 2.45) is 0 Å². The van der Waals surface area contributed by atoms with Crippen molar-refractivity contribution in [3.8, 4) is 0 Å². The van der Waals surface area contributed by atoms with E-state index in [0.29, 0.717) is 5.15 Å². The molecular formula is C13H13BrClN3. The molecule has 1 aromatic heterocycles. The van der Waals surface area contributed by atoms with Gasteiger partial charge in [0.15, 0.2) is 0 Å². The zero-order valence-electron chi connectivity index (χ0n) is 10.2. The molecule has 3 nitrogen and oxygen atoms in total. The molecule has 0 saturated carbocycles. The summed E-state index contributed by atoms with van der Waals surface area (Å²) in [6.45, 7) is 4.02. The highest BCUT2D eigenvalue weighted by Crippen LogP contribution is 2.27. The molecule has 0 saturated heterocycles. The van der Waals surface area contributed by atoms with Crippen LogP contribution in [0, 0.1) is 6.92 Å². The van der Waals surface area contributed by atoms with Crippen LogP contribution in [0.25, 0.3) is 0 Å². The molecule has 1 heterocycles. The van der Waals surface area contributed by atoms with Crippen molar-refractivity contribution in [3.63, 3.8) is 0 Å². The van der Waals surface area contributed by atoms with Crippen LogP contribution in [0.2, 0.25) is 5.15 Å². The third kappa shape index (κ3) is 2.82. The molecule has 2 aromatic rings. The largest absolute Gasteiger partial charge is 0.340 e. The highest BCUT2D eigenvalue weighted by Gasteiger charge is 2.07. The molecule has 94 valence electrons.